The fourth-order valence-corrected chi connectivity index (χ4v) is 1.70. The summed E-state index contributed by atoms with van der Waals surface area (Å²) in [5, 5.41) is 3.96. The molecule has 0 aliphatic carbocycles. The van der Waals surface area contributed by atoms with Gasteiger partial charge in [0.05, 0.1) is 6.33 Å². The Labute approximate surface area is 106 Å². The van der Waals surface area contributed by atoms with Gasteiger partial charge in [-0.25, -0.2) is 4.98 Å². The molecular weight excluding hydrogens is 232 g/mol. The highest BCUT2D eigenvalue weighted by atomic mass is 16.5. The summed E-state index contributed by atoms with van der Waals surface area (Å²) in [4.78, 5) is 10.6. The van der Waals surface area contributed by atoms with Gasteiger partial charge < -0.3 is 19.7 Å². The summed E-state index contributed by atoms with van der Waals surface area (Å²) < 4.78 is 7.12. The number of aromatic nitrogens is 4. The third kappa shape index (κ3) is 2.51. The van der Waals surface area contributed by atoms with E-state index >= 15 is 0 Å². The van der Waals surface area contributed by atoms with E-state index < -0.39 is 0 Å². The molecule has 0 aromatic carbocycles. The fourth-order valence-electron chi connectivity index (χ4n) is 1.70. The van der Waals surface area contributed by atoms with Crippen LogP contribution in [0.1, 0.15) is 13.8 Å². The predicted octanol–water partition coefficient (Wildman–Crippen LogP) is 0.738. The number of hydrogen-bond acceptors (Lipinski definition) is 6. The summed E-state index contributed by atoms with van der Waals surface area (Å²) in [5.74, 6) is 1.04. The zero-order chi connectivity index (χ0) is 13.0. The van der Waals surface area contributed by atoms with Crippen molar-refractivity contribution in [3.05, 3.63) is 12.5 Å². The molecular formula is C11H18N6O. The maximum absolute atomic E-state index is 5.48. The zero-order valence-electron chi connectivity index (χ0n) is 10.7. The molecule has 0 aliphatic rings. The maximum Gasteiger partial charge on any atom is 0.279 e. The Morgan fingerprint density at radius 2 is 2.17 bits per heavy atom. The van der Waals surface area contributed by atoms with Gasteiger partial charge in [0.1, 0.15) is 5.69 Å². The fraction of sp³-hybridized carbons (Fsp3) is 0.545. The second kappa shape index (κ2) is 5.63. The van der Waals surface area contributed by atoms with E-state index in [9.17, 15) is 0 Å². The molecule has 0 saturated carbocycles. The lowest BCUT2D eigenvalue weighted by Gasteiger charge is -2.14. The molecule has 98 valence electrons. The summed E-state index contributed by atoms with van der Waals surface area (Å²) >= 11 is 0. The van der Waals surface area contributed by atoms with Gasteiger partial charge in [-0.3, -0.25) is 0 Å². The van der Waals surface area contributed by atoms with Gasteiger partial charge in [-0.15, -0.1) is 0 Å². The van der Waals surface area contributed by atoms with Gasteiger partial charge in [0.25, 0.3) is 11.8 Å². The van der Waals surface area contributed by atoms with Gasteiger partial charge in [-0.1, -0.05) is 0 Å². The monoisotopic (exact) mass is 250 g/mol. The number of hydrogen-bond donors (Lipinski definition) is 1. The molecule has 2 aromatic heterocycles. The number of imidazole rings is 1. The topological polar surface area (TPSA) is 86.0 Å². The standard InChI is InChI=1S/C11H18N6O/c1-3-17(4-2)11-14-10(18-15-11)9-7-16(6-5-12)8-13-9/h7-8H,3-6,12H2,1-2H3. The third-order valence-corrected chi connectivity index (χ3v) is 2.70. The van der Waals surface area contributed by atoms with Gasteiger partial charge in [0.2, 0.25) is 0 Å². The first-order chi connectivity index (χ1) is 8.78. The van der Waals surface area contributed by atoms with E-state index in [4.69, 9.17) is 10.3 Å². The van der Waals surface area contributed by atoms with Crippen molar-refractivity contribution in [3.8, 4) is 11.6 Å². The van der Waals surface area contributed by atoms with Crippen molar-refractivity contribution >= 4 is 5.95 Å². The highest BCUT2D eigenvalue weighted by Gasteiger charge is 2.14. The minimum absolute atomic E-state index is 0.438. The smallest absolute Gasteiger partial charge is 0.279 e. The molecule has 0 radical (unpaired) electrons. The number of nitrogens with two attached hydrogens (primary N) is 1. The molecule has 2 rings (SSSR count). The SMILES string of the molecule is CCN(CC)c1noc(-c2cn(CCN)cn2)n1. The number of nitrogens with zero attached hydrogens (tertiary/aromatic N) is 5. The highest BCUT2D eigenvalue weighted by Crippen LogP contribution is 2.18. The summed E-state index contributed by atoms with van der Waals surface area (Å²) in [7, 11) is 0. The van der Waals surface area contributed by atoms with Crippen LogP contribution in [-0.4, -0.2) is 39.3 Å². The lowest BCUT2D eigenvalue weighted by molar-refractivity contribution is 0.428. The molecule has 0 spiro atoms. The summed E-state index contributed by atoms with van der Waals surface area (Å²) in [6.07, 6.45) is 3.57. The average molecular weight is 250 g/mol. The Morgan fingerprint density at radius 1 is 1.39 bits per heavy atom. The molecule has 7 nitrogen and oxygen atoms in total. The molecule has 2 heterocycles. The van der Waals surface area contributed by atoms with Crippen LogP contribution in [0, 0.1) is 0 Å². The highest BCUT2D eigenvalue weighted by molar-refractivity contribution is 5.47. The van der Waals surface area contributed by atoms with Crippen LogP contribution in [0.2, 0.25) is 0 Å². The van der Waals surface area contributed by atoms with Crippen LogP contribution in [0.4, 0.5) is 5.95 Å². The lowest BCUT2D eigenvalue weighted by atomic mass is 10.5. The Hall–Kier alpha value is -1.89. The van der Waals surface area contributed by atoms with Crippen molar-refractivity contribution in [2.45, 2.75) is 20.4 Å². The Balaban J connectivity index is 2.17. The van der Waals surface area contributed by atoms with Crippen molar-refractivity contribution < 1.29 is 4.52 Å². The van der Waals surface area contributed by atoms with Gasteiger partial charge in [0, 0.05) is 32.4 Å². The number of anilines is 1. The van der Waals surface area contributed by atoms with E-state index in [1.165, 1.54) is 0 Å². The first-order valence-corrected chi connectivity index (χ1v) is 6.09. The Bertz CT molecular complexity index is 487. The van der Waals surface area contributed by atoms with Gasteiger partial charge in [-0.2, -0.15) is 4.98 Å². The molecule has 0 aliphatic heterocycles. The Kier molecular flexibility index (Phi) is 3.93. The van der Waals surface area contributed by atoms with E-state index in [1.807, 2.05) is 15.7 Å². The third-order valence-electron chi connectivity index (χ3n) is 2.70. The van der Waals surface area contributed by atoms with Gasteiger partial charge >= 0.3 is 0 Å². The van der Waals surface area contributed by atoms with Crippen LogP contribution in [0.5, 0.6) is 0 Å². The summed E-state index contributed by atoms with van der Waals surface area (Å²) in [5.41, 5.74) is 6.16. The minimum Gasteiger partial charge on any atom is -0.339 e. The maximum atomic E-state index is 5.48. The van der Waals surface area contributed by atoms with Crippen molar-refractivity contribution in [3.63, 3.8) is 0 Å². The second-order valence-corrected chi connectivity index (χ2v) is 3.86. The predicted molar refractivity (Wildman–Crippen MR) is 68.1 cm³/mol. The van der Waals surface area contributed by atoms with E-state index in [2.05, 4.69) is 29.0 Å². The molecule has 0 unspecified atom stereocenters. The van der Waals surface area contributed by atoms with Crippen molar-refractivity contribution in [1.29, 1.82) is 0 Å². The van der Waals surface area contributed by atoms with Crippen molar-refractivity contribution in [1.82, 2.24) is 19.7 Å². The molecule has 0 saturated heterocycles. The first-order valence-electron chi connectivity index (χ1n) is 6.09. The van der Waals surface area contributed by atoms with Gasteiger partial charge in [0.15, 0.2) is 0 Å². The minimum atomic E-state index is 0.438. The largest absolute Gasteiger partial charge is 0.339 e. The van der Waals surface area contributed by atoms with Crippen LogP contribution >= 0.6 is 0 Å². The van der Waals surface area contributed by atoms with Crippen LogP contribution in [0.25, 0.3) is 11.6 Å². The van der Waals surface area contributed by atoms with E-state index in [0.717, 1.165) is 19.6 Å². The molecule has 0 atom stereocenters. The van der Waals surface area contributed by atoms with Gasteiger partial charge in [-0.05, 0) is 19.0 Å². The van der Waals surface area contributed by atoms with Crippen LogP contribution < -0.4 is 10.6 Å². The molecule has 2 aromatic rings. The van der Waals surface area contributed by atoms with E-state index in [0.29, 0.717) is 24.1 Å². The van der Waals surface area contributed by atoms with Crippen LogP contribution in [-0.2, 0) is 6.54 Å². The number of rotatable bonds is 6. The van der Waals surface area contributed by atoms with E-state index in [-0.39, 0.29) is 0 Å². The van der Waals surface area contributed by atoms with Crippen LogP contribution in [0.15, 0.2) is 17.0 Å². The quantitative estimate of drug-likeness (QED) is 0.813. The Morgan fingerprint density at radius 3 is 2.83 bits per heavy atom. The summed E-state index contributed by atoms with van der Waals surface area (Å²) in [6, 6.07) is 0. The molecule has 0 fully saturated rings. The normalized spacial score (nSPS) is 10.8. The molecule has 7 heteroatoms. The summed E-state index contributed by atoms with van der Waals surface area (Å²) in [6.45, 7) is 7.09. The second-order valence-electron chi connectivity index (χ2n) is 3.86. The van der Waals surface area contributed by atoms with Crippen molar-refractivity contribution in [2.24, 2.45) is 5.73 Å². The first kappa shape index (κ1) is 12.6. The van der Waals surface area contributed by atoms with Crippen LogP contribution in [0.3, 0.4) is 0 Å². The molecule has 18 heavy (non-hydrogen) atoms. The molecule has 2 N–H and O–H groups in total. The van der Waals surface area contributed by atoms with E-state index in [1.54, 1.807) is 6.33 Å². The average Bonchev–Trinajstić information content (AvgIpc) is 3.00. The lowest BCUT2D eigenvalue weighted by Crippen LogP contribution is -2.22. The zero-order valence-corrected chi connectivity index (χ0v) is 10.7. The molecule has 0 amide bonds. The molecule has 0 bridgehead atoms. The van der Waals surface area contributed by atoms with Crippen molar-refractivity contribution in [2.75, 3.05) is 24.5 Å².